The van der Waals surface area contributed by atoms with Gasteiger partial charge in [0, 0.05) is 11.9 Å². The molecule has 6 nitrogen and oxygen atoms in total. The smallest absolute Gasteiger partial charge is 0.306 e. The van der Waals surface area contributed by atoms with Gasteiger partial charge in [0.15, 0.2) is 0 Å². The number of aryl methyl sites for hydroxylation is 2. The van der Waals surface area contributed by atoms with Crippen LogP contribution < -0.4 is 10.6 Å². The fraction of sp³-hybridized carbons (Fsp3) is 0.500. The molecule has 0 aromatic carbocycles. The average molecular weight is 325 g/mol. The van der Waals surface area contributed by atoms with Gasteiger partial charge in [0.25, 0.3) is 0 Å². The highest BCUT2D eigenvalue weighted by Gasteiger charge is 2.29. The maximum Gasteiger partial charge on any atom is 0.323 e. The number of rotatable bonds is 4. The molecule has 0 spiro atoms. The van der Waals surface area contributed by atoms with E-state index in [9.17, 15) is 4.79 Å². The third kappa shape index (κ3) is 3.27. The maximum atomic E-state index is 12.2. The molecule has 1 unspecified atom stereocenters. The van der Waals surface area contributed by atoms with E-state index >= 15 is 0 Å². The number of hydrogen-bond acceptors (Lipinski definition) is 3. The van der Waals surface area contributed by atoms with Crippen molar-refractivity contribution in [3.8, 4) is 0 Å². The molecule has 0 aliphatic heterocycles. The third-order valence-electron chi connectivity index (χ3n) is 5.01. The number of nitrogens with one attached hydrogen (secondary N) is 2. The fourth-order valence-corrected chi connectivity index (χ4v) is 3.37. The van der Waals surface area contributed by atoms with Gasteiger partial charge in [-0.3, -0.25) is 9.67 Å². The van der Waals surface area contributed by atoms with Gasteiger partial charge in [-0.2, -0.15) is 5.10 Å². The molecule has 0 saturated heterocycles. The number of carbonyl (C=O) groups excluding carboxylic acids is 1. The van der Waals surface area contributed by atoms with E-state index in [1.165, 1.54) is 36.9 Å². The van der Waals surface area contributed by atoms with Crippen LogP contribution in [0.4, 0.5) is 16.2 Å². The summed E-state index contributed by atoms with van der Waals surface area (Å²) >= 11 is 0. The molecule has 4 rings (SSSR count). The Balaban J connectivity index is 1.38. The molecule has 1 atom stereocenters. The van der Waals surface area contributed by atoms with E-state index in [1.54, 1.807) is 12.4 Å². The summed E-state index contributed by atoms with van der Waals surface area (Å²) in [6, 6.07) is 2.18. The molecule has 2 aliphatic carbocycles. The first-order valence-electron chi connectivity index (χ1n) is 8.79. The van der Waals surface area contributed by atoms with Gasteiger partial charge in [-0.25, -0.2) is 4.79 Å². The first-order chi connectivity index (χ1) is 11.7. The highest BCUT2D eigenvalue weighted by molar-refractivity contribution is 5.99. The fourth-order valence-electron chi connectivity index (χ4n) is 3.37. The Labute approximate surface area is 141 Å². The number of carbonyl (C=O) groups is 1. The number of nitrogens with zero attached hydrogens (tertiary/aromatic N) is 3. The number of fused-ring (bicyclic) bond motifs is 1. The number of anilines is 2. The van der Waals surface area contributed by atoms with Crippen molar-refractivity contribution in [2.24, 2.45) is 5.92 Å². The lowest BCUT2D eigenvalue weighted by molar-refractivity contribution is 0.262. The second-order valence-corrected chi connectivity index (χ2v) is 6.90. The molecule has 0 radical (unpaired) electrons. The zero-order valence-electron chi connectivity index (χ0n) is 14.0. The Morgan fingerprint density at radius 1 is 1.21 bits per heavy atom. The van der Waals surface area contributed by atoms with Crippen LogP contribution >= 0.6 is 0 Å². The van der Waals surface area contributed by atoms with E-state index < -0.39 is 0 Å². The van der Waals surface area contributed by atoms with Crippen molar-refractivity contribution in [2.75, 3.05) is 10.6 Å². The normalized spacial score (nSPS) is 17.9. The highest BCUT2D eigenvalue weighted by atomic mass is 16.2. The van der Waals surface area contributed by atoms with Crippen LogP contribution in [0.15, 0.2) is 24.7 Å². The van der Waals surface area contributed by atoms with Gasteiger partial charge in [0.2, 0.25) is 0 Å². The van der Waals surface area contributed by atoms with Crippen LogP contribution in [0.3, 0.4) is 0 Å². The van der Waals surface area contributed by atoms with Gasteiger partial charge < -0.3 is 10.6 Å². The van der Waals surface area contributed by atoms with Gasteiger partial charge in [0.1, 0.15) is 0 Å². The topological polar surface area (TPSA) is 71.8 Å². The van der Waals surface area contributed by atoms with E-state index in [0.29, 0.717) is 11.7 Å². The summed E-state index contributed by atoms with van der Waals surface area (Å²) in [5.74, 6) is 0.730. The monoisotopic (exact) mass is 325 g/mol. The minimum absolute atomic E-state index is 0.258. The van der Waals surface area contributed by atoms with Crippen LogP contribution in [-0.2, 0) is 12.8 Å². The lowest BCUT2D eigenvalue weighted by Gasteiger charge is -2.15. The Morgan fingerprint density at radius 2 is 2.00 bits per heavy atom. The quantitative estimate of drug-likeness (QED) is 0.899. The van der Waals surface area contributed by atoms with Crippen molar-refractivity contribution in [1.82, 2.24) is 14.8 Å². The third-order valence-corrected chi connectivity index (χ3v) is 5.01. The molecule has 2 N–H and O–H groups in total. The molecule has 2 amide bonds. The van der Waals surface area contributed by atoms with Crippen molar-refractivity contribution in [2.45, 2.75) is 51.5 Å². The Morgan fingerprint density at radius 3 is 2.83 bits per heavy atom. The van der Waals surface area contributed by atoms with Crippen LogP contribution in [0.2, 0.25) is 0 Å². The van der Waals surface area contributed by atoms with Crippen molar-refractivity contribution in [1.29, 1.82) is 0 Å². The summed E-state index contributed by atoms with van der Waals surface area (Å²) in [5.41, 5.74) is 3.88. The van der Waals surface area contributed by atoms with Crippen LogP contribution in [0, 0.1) is 5.92 Å². The second kappa shape index (κ2) is 6.26. The van der Waals surface area contributed by atoms with E-state index in [-0.39, 0.29) is 6.03 Å². The number of pyridine rings is 1. The molecule has 0 bridgehead atoms. The zero-order valence-corrected chi connectivity index (χ0v) is 14.0. The average Bonchev–Trinajstić information content (AvgIpc) is 3.34. The Hall–Kier alpha value is -2.37. The van der Waals surface area contributed by atoms with Crippen LogP contribution in [0.25, 0.3) is 0 Å². The number of aromatic nitrogens is 3. The largest absolute Gasteiger partial charge is 0.323 e. The van der Waals surface area contributed by atoms with Gasteiger partial charge >= 0.3 is 6.03 Å². The van der Waals surface area contributed by atoms with Crippen LogP contribution in [0.1, 0.15) is 49.9 Å². The lowest BCUT2D eigenvalue weighted by Crippen LogP contribution is -2.20. The molecule has 2 aliphatic rings. The van der Waals surface area contributed by atoms with E-state index in [0.717, 1.165) is 24.4 Å². The number of urea groups is 1. The molecule has 6 heteroatoms. The van der Waals surface area contributed by atoms with Crippen molar-refractivity contribution >= 4 is 17.4 Å². The lowest BCUT2D eigenvalue weighted by atomic mass is 9.96. The van der Waals surface area contributed by atoms with Gasteiger partial charge in [0.05, 0.1) is 29.8 Å². The summed E-state index contributed by atoms with van der Waals surface area (Å²) in [6.07, 6.45) is 12.4. The summed E-state index contributed by atoms with van der Waals surface area (Å²) in [5, 5.41) is 10.1. The summed E-state index contributed by atoms with van der Waals surface area (Å²) in [7, 11) is 0. The van der Waals surface area contributed by atoms with E-state index in [1.807, 2.05) is 16.9 Å². The van der Waals surface area contributed by atoms with Gasteiger partial charge in [-0.1, -0.05) is 0 Å². The second-order valence-electron chi connectivity index (χ2n) is 6.90. The molecular formula is C18H23N5O. The molecule has 24 heavy (non-hydrogen) atoms. The number of hydrogen-bond donors (Lipinski definition) is 2. The minimum atomic E-state index is -0.258. The predicted molar refractivity (Wildman–Crippen MR) is 93.2 cm³/mol. The molecule has 1 saturated carbocycles. The van der Waals surface area contributed by atoms with Gasteiger partial charge in [-0.15, -0.1) is 0 Å². The molecule has 2 aromatic heterocycles. The Bertz CT molecular complexity index is 750. The molecule has 126 valence electrons. The molecular weight excluding hydrogens is 302 g/mol. The van der Waals surface area contributed by atoms with Crippen molar-refractivity contribution < 1.29 is 4.79 Å². The first-order valence-corrected chi connectivity index (χ1v) is 8.79. The molecule has 2 heterocycles. The summed E-state index contributed by atoms with van der Waals surface area (Å²) in [4.78, 5) is 16.7. The minimum Gasteiger partial charge on any atom is -0.306 e. The van der Waals surface area contributed by atoms with Crippen molar-refractivity contribution in [3.05, 3.63) is 35.9 Å². The SMILES string of the molecule is CC(C1CC1)n1cc(NC(=O)Nc2cnc3c(c2)CCCC3)cn1. The maximum absolute atomic E-state index is 12.2. The van der Waals surface area contributed by atoms with E-state index in [4.69, 9.17) is 0 Å². The molecule has 2 aromatic rings. The summed E-state index contributed by atoms with van der Waals surface area (Å²) < 4.78 is 1.94. The summed E-state index contributed by atoms with van der Waals surface area (Å²) in [6.45, 7) is 2.17. The number of amides is 2. The highest BCUT2D eigenvalue weighted by Crippen LogP contribution is 2.39. The predicted octanol–water partition coefficient (Wildman–Crippen LogP) is 3.77. The van der Waals surface area contributed by atoms with Crippen LogP contribution in [-0.4, -0.2) is 20.8 Å². The Kier molecular flexibility index (Phi) is 3.96. The zero-order chi connectivity index (χ0) is 16.5. The van der Waals surface area contributed by atoms with E-state index in [2.05, 4.69) is 27.6 Å². The molecule has 1 fully saturated rings. The van der Waals surface area contributed by atoms with Crippen LogP contribution in [0.5, 0.6) is 0 Å². The van der Waals surface area contributed by atoms with Crippen molar-refractivity contribution in [3.63, 3.8) is 0 Å². The standard InChI is InChI=1S/C18H23N5O/c1-12(13-6-7-13)23-11-16(10-20-23)22-18(24)21-15-8-14-4-2-3-5-17(14)19-9-15/h8-13H,2-7H2,1H3,(H2,21,22,24). The first kappa shape index (κ1) is 15.2. The van der Waals surface area contributed by atoms with Gasteiger partial charge in [-0.05, 0) is 63.0 Å².